The number of fused-ring (bicyclic) bond motifs is 1. The number of carbonyl (C=O) groups is 1. The fourth-order valence-corrected chi connectivity index (χ4v) is 2.45. The zero-order chi connectivity index (χ0) is 12.7. The summed E-state index contributed by atoms with van der Waals surface area (Å²) < 4.78 is 1.69. The largest absolute Gasteiger partial charge is 0.481 e. The van der Waals surface area contributed by atoms with Gasteiger partial charge in [-0.25, -0.2) is 9.50 Å². The van der Waals surface area contributed by atoms with Crippen LogP contribution in [-0.2, 0) is 4.79 Å². The number of anilines is 1. The van der Waals surface area contributed by atoms with Crippen LogP contribution in [0.15, 0.2) is 24.5 Å². The second kappa shape index (κ2) is 3.97. The van der Waals surface area contributed by atoms with Crippen molar-refractivity contribution in [3.05, 3.63) is 24.5 Å². The van der Waals surface area contributed by atoms with Gasteiger partial charge in [-0.3, -0.25) is 4.79 Å². The summed E-state index contributed by atoms with van der Waals surface area (Å²) in [7, 11) is 0. The quantitative estimate of drug-likeness (QED) is 0.852. The first-order valence-electron chi connectivity index (χ1n) is 5.93. The third-order valence-electron chi connectivity index (χ3n) is 3.50. The second-order valence-electron chi connectivity index (χ2n) is 4.75. The summed E-state index contributed by atoms with van der Waals surface area (Å²) in [6.07, 6.45) is 3.54. The summed E-state index contributed by atoms with van der Waals surface area (Å²) in [5.41, 5.74) is 0.777. The van der Waals surface area contributed by atoms with E-state index in [0.717, 1.165) is 18.0 Å². The van der Waals surface area contributed by atoms with Crippen LogP contribution in [0.5, 0.6) is 0 Å². The van der Waals surface area contributed by atoms with E-state index in [2.05, 4.69) is 10.1 Å². The Kier molecular flexibility index (Phi) is 2.43. The van der Waals surface area contributed by atoms with Crippen LogP contribution in [0.3, 0.4) is 0 Å². The minimum Gasteiger partial charge on any atom is -0.481 e. The number of hydrogen-bond acceptors (Lipinski definition) is 4. The summed E-state index contributed by atoms with van der Waals surface area (Å²) in [5.74, 6) is -0.0765. The molecule has 3 rings (SSSR count). The molecule has 1 fully saturated rings. The predicted molar refractivity (Wildman–Crippen MR) is 65.5 cm³/mol. The van der Waals surface area contributed by atoms with Gasteiger partial charge in [-0.1, -0.05) is 6.92 Å². The lowest BCUT2D eigenvalue weighted by Crippen LogP contribution is -2.23. The highest BCUT2D eigenvalue weighted by Crippen LogP contribution is 2.27. The summed E-state index contributed by atoms with van der Waals surface area (Å²) in [4.78, 5) is 17.6. The van der Waals surface area contributed by atoms with E-state index < -0.39 is 5.97 Å². The fourth-order valence-electron chi connectivity index (χ4n) is 2.45. The molecule has 0 amide bonds. The van der Waals surface area contributed by atoms with E-state index in [1.165, 1.54) is 0 Å². The fraction of sp³-hybridized carbons (Fsp3) is 0.417. The molecule has 18 heavy (non-hydrogen) atoms. The van der Waals surface area contributed by atoms with Gasteiger partial charge in [0, 0.05) is 25.4 Å². The molecule has 0 saturated carbocycles. The summed E-state index contributed by atoms with van der Waals surface area (Å²) in [5, 5.41) is 13.2. The lowest BCUT2D eigenvalue weighted by molar-refractivity contribution is -0.142. The first-order valence-corrected chi connectivity index (χ1v) is 5.93. The third kappa shape index (κ3) is 1.70. The van der Waals surface area contributed by atoms with Crippen molar-refractivity contribution in [3.63, 3.8) is 0 Å². The van der Waals surface area contributed by atoms with Crippen molar-refractivity contribution in [2.24, 2.45) is 11.8 Å². The van der Waals surface area contributed by atoms with Gasteiger partial charge in [-0.05, 0) is 12.0 Å². The molecule has 1 saturated heterocycles. The zero-order valence-corrected chi connectivity index (χ0v) is 10.0. The highest BCUT2D eigenvalue weighted by Gasteiger charge is 2.35. The monoisotopic (exact) mass is 246 g/mol. The molecule has 2 atom stereocenters. The molecule has 0 spiro atoms. The molecule has 0 radical (unpaired) electrons. The molecule has 0 aromatic carbocycles. The van der Waals surface area contributed by atoms with Crippen molar-refractivity contribution in [2.45, 2.75) is 6.92 Å². The molecule has 2 aromatic rings. The lowest BCUT2D eigenvalue weighted by atomic mass is 9.99. The van der Waals surface area contributed by atoms with Crippen molar-refractivity contribution >= 4 is 17.4 Å². The Morgan fingerprint density at radius 2 is 2.28 bits per heavy atom. The van der Waals surface area contributed by atoms with Crippen molar-refractivity contribution < 1.29 is 9.90 Å². The van der Waals surface area contributed by atoms with Gasteiger partial charge in [0.1, 0.15) is 5.82 Å². The van der Waals surface area contributed by atoms with Gasteiger partial charge in [0.05, 0.1) is 12.1 Å². The Morgan fingerprint density at radius 3 is 3.00 bits per heavy atom. The summed E-state index contributed by atoms with van der Waals surface area (Å²) in [6, 6.07) is 3.70. The molecule has 94 valence electrons. The molecule has 1 N–H and O–H groups in total. The first kappa shape index (κ1) is 11.0. The molecule has 6 heteroatoms. The van der Waals surface area contributed by atoms with E-state index in [9.17, 15) is 4.79 Å². The molecule has 1 aliphatic rings. The maximum absolute atomic E-state index is 11.1. The van der Waals surface area contributed by atoms with Crippen molar-refractivity contribution in [1.29, 1.82) is 0 Å². The number of rotatable bonds is 2. The average Bonchev–Trinajstić information content (AvgIpc) is 2.93. The van der Waals surface area contributed by atoms with E-state index in [1.807, 2.05) is 30.2 Å². The molecule has 0 aliphatic carbocycles. The predicted octanol–water partition coefficient (Wildman–Crippen LogP) is 0.886. The van der Waals surface area contributed by atoms with Gasteiger partial charge < -0.3 is 10.0 Å². The molecule has 3 heterocycles. The summed E-state index contributed by atoms with van der Waals surface area (Å²) >= 11 is 0. The topological polar surface area (TPSA) is 70.7 Å². The molecule has 2 unspecified atom stereocenters. The van der Waals surface area contributed by atoms with Crippen LogP contribution in [0, 0.1) is 11.8 Å². The third-order valence-corrected chi connectivity index (χ3v) is 3.50. The number of nitrogens with zero attached hydrogens (tertiary/aromatic N) is 4. The first-order chi connectivity index (χ1) is 8.65. The van der Waals surface area contributed by atoms with Crippen LogP contribution in [0.1, 0.15) is 6.92 Å². The minimum atomic E-state index is -0.726. The van der Waals surface area contributed by atoms with Gasteiger partial charge in [-0.2, -0.15) is 5.10 Å². The molecule has 0 bridgehead atoms. The normalized spacial score (nSPS) is 23.7. The van der Waals surface area contributed by atoms with Crippen LogP contribution in [0.2, 0.25) is 0 Å². The Morgan fingerprint density at radius 1 is 1.44 bits per heavy atom. The Labute approximate surface area is 104 Å². The van der Waals surface area contributed by atoms with Crippen molar-refractivity contribution in [3.8, 4) is 0 Å². The van der Waals surface area contributed by atoms with Crippen LogP contribution in [-0.4, -0.2) is 38.8 Å². The lowest BCUT2D eigenvalue weighted by Gasteiger charge is -2.16. The van der Waals surface area contributed by atoms with Crippen LogP contribution >= 0.6 is 0 Å². The number of aromatic nitrogens is 3. The van der Waals surface area contributed by atoms with Gasteiger partial charge in [0.2, 0.25) is 0 Å². The maximum atomic E-state index is 11.1. The highest BCUT2D eigenvalue weighted by molar-refractivity contribution is 5.72. The van der Waals surface area contributed by atoms with Gasteiger partial charge in [0.25, 0.3) is 0 Å². The number of aliphatic carboxylic acids is 1. The maximum Gasteiger partial charge on any atom is 0.308 e. The smallest absolute Gasteiger partial charge is 0.308 e. The van der Waals surface area contributed by atoms with Crippen molar-refractivity contribution in [2.75, 3.05) is 18.0 Å². The summed E-state index contributed by atoms with van der Waals surface area (Å²) in [6.45, 7) is 3.22. The minimum absolute atomic E-state index is 0.144. The molecular weight excluding hydrogens is 232 g/mol. The van der Waals surface area contributed by atoms with Gasteiger partial charge >= 0.3 is 5.97 Å². The molecule has 2 aromatic heterocycles. The Hall–Kier alpha value is -2.11. The van der Waals surface area contributed by atoms with Crippen LogP contribution < -0.4 is 4.90 Å². The molecule has 6 nitrogen and oxygen atoms in total. The van der Waals surface area contributed by atoms with Crippen molar-refractivity contribution in [1.82, 2.24) is 14.6 Å². The second-order valence-corrected chi connectivity index (χ2v) is 4.75. The molecular formula is C12H14N4O2. The zero-order valence-electron chi connectivity index (χ0n) is 10.0. The van der Waals surface area contributed by atoms with E-state index in [4.69, 9.17) is 5.11 Å². The van der Waals surface area contributed by atoms with Gasteiger partial charge in [-0.15, -0.1) is 0 Å². The van der Waals surface area contributed by atoms with E-state index in [-0.39, 0.29) is 11.8 Å². The van der Waals surface area contributed by atoms with E-state index >= 15 is 0 Å². The van der Waals surface area contributed by atoms with E-state index in [1.54, 1.807) is 10.7 Å². The van der Waals surface area contributed by atoms with Crippen LogP contribution in [0.4, 0.5) is 5.82 Å². The standard InChI is InChI=1S/C12H14N4O2/c1-8-6-15(7-9(8)12(17)18)10-3-5-16-11(14-10)2-4-13-16/h2-5,8-9H,6-7H2,1H3,(H,17,18). The number of carboxylic acid groups (broad SMARTS) is 1. The van der Waals surface area contributed by atoms with Crippen LogP contribution in [0.25, 0.3) is 5.65 Å². The Balaban J connectivity index is 1.89. The highest BCUT2D eigenvalue weighted by atomic mass is 16.4. The van der Waals surface area contributed by atoms with Gasteiger partial charge in [0.15, 0.2) is 5.65 Å². The average molecular weight is 246 g/mol. The SMILES string of the molecule is CC1CN(c2ccn3nccc3n2)CC1C(=O)O. The molecule has 1 aliphatic heterocycles. The number of carboxylic acids is 1. The number of hydrogen-bond donors (Lipinski definition) is 1. The van der Waals surface area contributed by atoms with E-state index in [0.29, 0.717) is 6.54 Å². The Bertz CT molecular complexity index is 595.